The van der Waals surface area contributed by atoms with Crippen molar-refractivity contribution in [2.24, 2.45) is 11.8 Å². The van der Waals surface area contributed by atoms with Crippen LogP contribution in [0, 0.1) is 11.8 Å². The summed E-state index contributed by atoms with van der Waals surface area (Å²) in [6.07, 6.45) is 0.494. The van der Waals surface area contributed by atoms with Gasteiger partial charge in [-0.25, -0.2) is 9.59 Å². The molecule has 46 heavy (non-hydrogen) atoms. The van der Waals surface area contributed by atoms with E-state index in [1.54, 1.807) is 45.0 Å². The number of alkyl carbamates (subject to hydrolysis) is 1. The molecule has 252 valence electrons. The number of fused-ring (bicyclic) bond motifs is 1. The predicted octanol–water partition coefficient (Wildman–Crippen LogP) is 5.38. The van der Waals surface area contributed by atoms with Crippen LogP contribution in [0.15, 0.2) is 48.5 Å². The molecule has 1 unspecified atom stereocenters. The van der Waals surface area contributed by atoms with E-state index in [4.69, 9.17) is 14.2 Å². The second-order valence-corrected chi connectivity index (χ2v) is 14.4. The summed E-state index contributed by atoms with van der Waals surface area (Å²) in [5, 5.41) is 5.86. The minimum absolute atomic E-state index is 0.0467. The number of carbonyl (C=O) groups excluding carboxylic acids is 4. The lowest BCUT2D eigenvalue weighted by atomic mass is 9.91. The van der Waals surface area contributed by atoms with Crippen LogP contribution in [0.5, 0.6) is 5.75 Å². The van der Waals surface area contributed by atoms with E-state index in [2.05, 4.69) is 10.6 Å². The molecule has 0 radical (unpaired) electrons. The van der Waals surface area contributed by atoms with Gasteiger partial charge in [0.25, 0.3) is 0 Å². The fourth-order valence-corrected chi connectivity index (χ4v) is 5.83. The average Bonchev–Trinajstić information content (AvgIpc) is 3.39. The highest BCUT2D eigenvalue weighted by Gasteiger charge is 2.46. The van der Waals surface area contributed by atoms with E-state index >= 15 is 4.79 Å². The standard InChI is InChI=1S/C36H51N3O7/c1-22(2)19-28(33(42)45-10)39(30(31(40)38-35(3,4)5)23-15-17-27(44-9)18-16-23)32(41)29(37-34(43)46-36(6,7)8)26-20-24-13-11-12-14-25(24)21-26/h11-18,22,26,28-30H,19-21H2,1-10H3,(H,37,43)(H,38,40)/t28-,29-,30?/m1/s1. The summed E-state index contributed by atoms with van der Waals surface area (Å²) in [5.41, 5.74) is 1.15. The molecule has 0 heterocycles. The monoisotopic (exact) mass is 637 g/mol. The van der Waals surface area contributed by atoms with Gasteiger partial charge in [0.1, 0.15) is 29.5 Å². The molecule has 0 fully saturated rings. The Bertz CT molecular complexity index is 1350. The van der Waals surface area contributed by atoms with Crippen LogP contribution in [0.1, 0.15) is 84.5 Å². The van der Waals surface area contributed by atoms with Gasteiger partial charge in [-0.2, -0.15) is 0 Å². The lowest BCUT2D eigenvalue weighted by Gasteiger charge is -2.41. The molecule has 1 aliphatic rings. The second kappa shape index (κ2) is 15.0. The zero-order valence-corrected chi connectivity index (χ0v) is 28.9. The molecule has 0 bridgehead atoms. The van der Waals surface area contributed by atoms with Gasteiger partial charge in [-0.15, -0.1) is 0 Å². The first-order valence-corrected chi connectivity index (χ1v) is 15.9. The van der Waals surface area contributed by atoms with Gasteiger partial charge < -0.3 is 29.7 Å². The molecule has 0 spiro atoms. The molecule has 0 aliphatic heterocycles. The molecule has 10 nitrogen and oxygen atoms in total. The van der Waals surface area contributed by atoms with E-state index in [1.807, 2.05) is 58.9 Å². The van der Waals surface area contributed by atoms with Crippen LogP contribution in [0.2, 0.25) is 0 Å². The molecule has 0 saturated heterocycles. The summed E-state index contributed by atoms with van der Waals surface area (Å²) >= 11 is 0. The molecular weight excluding hydrogens is 586 g/mol. The first-order chi connectivity index (χ1) is 21.4. The molecule has 0 aromatic heterocycles. The quantitative estimate of drug-likeness (QED) is 0.318. The molecule has 2 N–H and O–H groups in total. The van der Waals surface area contributed by atoms with Crippen LogP contribution in [-0.2, 0) is 36.7 Å². The number of hydrogen-bond donors (Lipinski definition) is 2. The Morgan fingerprint density at radius 3 is 1.91 bits per heavy atom. The van der Waals surface area contributed by atoms with E-state index in [0.29, 0.717) is 24.2 Å². The summed E-state index contributed by atoms with van der Waals surface area (Å²) < 4.78 is 16.2. The smallest absolute Gasteiger partial charge is 0.408 e. The van der Waals surface area contributed by atoms with Crippen LogP contribution >= 0.6 is 0 Å². The highest BCUT2D eigenvalue weighted by Crippen LogP contribution is 2.34. The lowest BCUT2D eigenvalue weighted by Crippen LogP contribution is -2.61. The van der Waals surface area contributed by atoms with Crippen molar-refractivity contribution in [3.8, 4) is 5.75 Å². The van der Waals surface area contributed by atoms with Gasteiger partial charge in [-0.1, -0.05) is 50.2 Å². The largest absolute Gasteiger partial charge is 0.497 e. The van der Waals surface area contributed by atoms with Crippen molar-refractivity contribution >= 4 is 23.9 Å². The number of benzene rings is 2. The first-order valence-electron chi connectivity index (χ1n) is 15.9. The van der Waals surface area contributed by atoms with E-state index in [-0.39, 0.29) is 18.3 Å². The Morgan fingerprint density at radius 2 is 1.46 bits per heavy atom. The maximum atomic E-state index is 15.2. The number of nitrogens with one attached hydrogen (secondary N) is 2. The maximum Gasteiger partial charge on any atom is 0.408 e. The highest BCUT2D eigenvalue weighted by atomic mass is 16.6. The van der Waals surface area contributed by atoms with Crippen molar-refractivity contribution in [3.63, 3.8) is 0 Å². The van der Waals surface area contributed by atoms with E-state index < -0.39 is 53.1 Å². The average molecular weight is 638 g/mol. The number of rotatable bonds is 11. The Hall–Kier alpha value is -4.08. The van der Waals surface area contributed by atoms with Gasteiger partial charge in [0, 0.05) is 5.54 Å². The number of amides is 3. The van der Waals surface area contributed by atoms with Crippen LogP contribution in [0.25, 0.3) is 0 Å². The summed E-state index contributed by atoms with van der Waals surface area (Å²) in [6, 6.07) is 11.2. The van der Waals surface area contributed by atoms with Gasteiger partial charge in [-0.05, 0) is 101 Å². The number of hydrogen-bond acceptors (Lipinski definition) is 7. The molecule has 10 heteroatoms. The Kier molecular flexibility index (Phi) is 11.9. The summed E-state index contributed by atoms with van der Waals surface area (Å²) in [7, 11) is 2.80. The molecular formula is C36H51N3O7. The van der Waals surface area contributed by atoms with Crippen molar-refractivity contribution in [3.05, 3.63) is 65.2 Å². The lowest BCUT2D eigenvalue weighted by molar-refractivity contribution is -0.159. The van der Waals surface area contributed by atoms with E-state index in [1.165, 1.54) is 19.1 Å². The van der Waals surface area contributed by atoms with Crippen molar-refractivity contribution in [2.75, 3.05) is 14.2 Å². The zero-order valence-electron chi connectivity index (χ0n) is 28.9. The first kappa shape index (κ1) is 36.4. The van der Waals surface area contributed by atoms with Crippen molar-refractivity contribution in [1.29, 1.82) is 0 Å². The Labute approximate surface area is 273 Å². The predicted molar refractivity (Wildman–Crippen MR) is 176 cm³/mol. The molecule has 2 aromatic carbocycles. The van der Waals surface area contributed by atoms with Crippen LogP contribution in [0.4, 0.5) is 4.79 Å². The van der Waals surface area contributed by atoms with Gasteiger partial charge in [0.2, 0.25) is 11.8 Å². The number of nitrogens with zero attached hydrogens (tertiary/aromatic N) is 1. The Balaban J connectivity index is 2.25. The molecule has 3 atom stereocenters. The molecule has 0 saturated carbocycles. The molecule has 3 amide bonds. The maximum absolute atomic E-state index is 15.2. The number of ether oxygens (including phenoxy) is 3. The topological polar surface area (TPSA) is 123 Å². The third kappa shape index (κ3) is 9.71. The van der Waals surface area contributed by atoms with E-state index in [9.17, 15) is 14.4 Å². The summed E-state index contributed by atoms with van der Waals surface area (Å²) in [5.74, 6) is -1.56. The third-order valence-corrected chi connectivity index (χ3v) is 7.71. The van der Waals surface area contributed by atoms with Crippen LogP contribution < -0.4 is 15.4 Å². The molecule has 3 rings (SSSR count). The SMILES string of the molecule is COC(=O)[C@@H](CC(C)C)N(C(=O)[C@H](NC(=O)OC(C)(C)C)C1Cc2ccccc2C1)C(C(=O)NC(C)(C)C)c1ccc(OC)cc1. The fraction of sp³-hybridized carbons (Fsp3) is 0.556. The van der Waals surface area contributed by atoms with Crippen molar-refractivity contribution in [2.45, 2.75) is 104 Å². The normalized spacial score (nSPS) is 15.3. The second-order valence-electron chi connectivity index (χ2n) is 14.4. The minimum atomic E-state index is -1.24. The third-order valence-electron chi connectivity index (χ3n) is 7.71. The van der Waals surface area contributed by atoms with Crippen LogP contribution in [0.3, 0.4) is 0 Å². The fourth-order valence-electron chi connectivity index (χ4n) is 5.83. The van der Waals surface area contributed by atoms with Gasteiger partial charge in [0.05, 0.1) is 14.2 Å². The number of methoxy groups -OCH3 is 2. The number of carbonyl (C=O) groups is 4. The highest BCUT2D eigenvalue weighted by molar-refractivity contribution is 5.95. The van der Waals surface area contributed by atoms with Crippen molar-refractivity contribution in [1.82, 2.24) is 15.5 Å². The van der Waals surface area contributed by atoms with Gasteiger partial charge in [-0.3, -0.25) is 9.59 Å². The minimum Gasteiger partial charge on any atom is -0.497 e. The molecule has 1 aliphatic carbocycles. The van der Waals surface area contributed by atoms with Crippen LogP contribution in [-0.4, -0.2) is 66.2 Å². The summed E-state index contributed by atoms with van der Waals surface area (Å²) in [4.78, 5) is 57.7. The van der Waals surface area contributed by atoms with E-state index in [0.717, 1.165) is 11.1 Å². The van der Waals surface area contributed by atoms with Crippen molar-refractivity contribution < 1.29 is 33.4 Å². The van der Waals surface area contributed by atoms with Gasteiger partial charge >= 0.3 is 12.1 Å². The number of esters is 1. The Morgan fingerprint density at radius 1 is 0.891 bits per heavy atom. The van der Waals surface area contributed by atoms with Gasteiger partial charge in [0.15, 0.2) is 0 Å². The molecule has 2 aromatic rings. The zero-order chi connectivity index (χ0) is 34.4. The summed E-state index contributed by atoms with van der Waals surface area (Å²) in [6.45, 7) is 14.6.